The fraction of sp³-hybridized carbons (Fsp3) is 0.833. The maximum atomic E-state index is 12.9. The molecular formula is C24H44O5. The van der Waals surface area contributed by atoms with Gasteiger partial charge in [0.15, 0.2) is 5.78 Å². The van der Waals surface area contributed by atoms with E-state index in [0.29, 0.717) is 19.3 Å². The van der Waals surface area contributed by atoms with Crippen molar-refractivity contribution >= 4 is 11.8 Å². The Morgan fingerprint density at radius 1 is 0.828 bits per heavy atom. The number of hydrogen-bond donors (Lipinski definition) is 1. The number of carboxylic acid groups (broad SMARTS) is 1. The summed E-state index contributed by atoms with van der Waals surface area (Å²) in [7, 11) is 0. The Balaban J connectivity index is 4.74. The maximum Gasteiger partial charge on any atom is 0.303 e. The van der Waals surface area contributed by atoms with Crippen LogP contribution >= 0.6 is 0 Å². The van der Waals surface area contributed by atoms with Crippen LogP contribution in [0, 0.1) is 0 Å². The van der Waals surface area contributed by atoms with Gasteiger partial charge in [0, 0.05) is 12.8 Å². The predicted molar refractivity (Wildman–Crippen MR) is 118 cm³/mol. The lowest BCUT2D eigenvalue weighted by Gasteiger charge is -2.29. The van der Waals surface area contributed by atoms with Gasteiger partial charge in [0.2, 0.25) is 0 Å². The van der Waals surface area contributed by atoms with Crippen LogP contribution in [0.25, 0.3) is 0 Å². The third kappa shape index (κ3) is 16.3. The highest BCUT2D eigenvalue weighted by Crippen LogP contribution is 2.18. The minimum absolute atomic E-state index is 0.0237. The second-order valence-electron chi connectivity index (χ2n) is 8.31. The molecule has 0 aromatic heterocycles. The molecule has 0 aromatic rings. The zero-order valence-corrected chi connectivity index (χ0v) is 19.3. The minimum Gasteiger partial charge on any atom is -0.481 e. The van der Waals surface area contributed by atoms with Gasteiger partial charge < -0.3 is 14.6 Å². The predicted octanol–water partition coefficient (Wildman–Crippen LogP) is 6.09. The van der Waals surface area contributed by atoms with Crippen molar-refractivity contribution in [1.29, 1.82) is 0 Å². The average molecular weight is 413 g/mol. The lowest BCUT2D eigenvalue weighted by molar-refractivity contribution is -0.151. The van der Waals surface area contributed by atoms with E-state index >= 15 is 0 Å². The molecule has 0 bridgehead atoms. The van der Waals surface area contributed by atoms with Crippen molar-refractivity contribution in [3.05, 3.63) is 12.2 Å². The van der Waals surface area contributed by atoms with Gasteiger partial charge in [-0.05, 0) is 59.8 Å². The number of carbonyl (C=O) groups is 2. The smallest absolute Gasteiger partial charge is 0.303 e. The van der Waals surface area contributed by atoms with Crippen LogP contribution in [0.4, 0.5) is 0 Å². The van der Waals surface area contributed by atoms with Gasteiger partial charge in [-0.25, -0.2) is 0 Å². The molecule has 0 aromatic carbocycles. The Labute approximate surface area is 178 Å². The standard InChI is InChI=1S/C24H44O5/c1-6-7-8-9-10-14-17-22(28-19(2)3)24(29-20(4)5)21(25)16-13-11-12-15-18-23(26)27/h10,14,19-20,22,24H,6-9,11-13,15-18H2,1-5H3,(H,26,27)/b14-10-/t22-,24-/m0/s1. The largest absolute Gasteiger partial charge is 0.481 e. The molecule has 5 nitrogen and oxygen atoms in total. The summed E-state index contributed by atoms with van der Waals surface area (Å²) in [5.41, 5.74) is 0. The minimum atomic E-state index is -0.761. The van der Waals surface area contributed by atoms with E-state index < -0.39 is 12.1 Å². The number of aliphatic carboxylic acids is 1. The third-order valence-electron chi connectivity index (χ3n) is 4.59. The summed E-state index contributed by atoms with van der Waals surface area (Å²) in [6.07, 6.45) is 12.6. The number of ether oxygens (including phenoxy) is 2. The summed E-state index contributed by atoms with van der Waals surface area (Å²) in [5.74, 6) is -0.676. The highest BCUT2D eigenvalue weighted by Gasteiger charge is 2.30. The first-order valence-corrected chi connectivity index (χ1v) is 11.5. The van der Waals surface area contributed by atoms with E-state index in [1.54, 1.807) is 0 Å². The van der Waals surface area contributed by atoms with Crippen molar-refractivity contribution in [2.75, 3.05) is 0 Å². The van der Waals surface area contributed by atoms with E-state index in [0.717, 1.165) is 25.7 Å². The Morgan fingerprint density at radius 2 is 1.45 bits per heavy atom. The molecule has 5 heteroatoms. The lowest BCUT2D eigenvalue weighted by Crippen LogP contribution is -2.41. The normalized spacial score (nSPS) is 14.0. The van der Waals surface area contributed by atoms with Crippen LogP contribution < -0.4 is 0 Å². The monoisotopic (exact) mass is 412 g/mol. The van der Waals surface area contributed by atoms with E-state index in [9.17, 15) is 9.59 Å². The zero-order valence-electron chi connectivity index (χ0n) is 19.3. The molecule has 0 rings (SSSR count). The molecule has 0 fully saturated rings. The molecule has 0 aliphatic heterocycles. The van der Waals surface area contributed by atoms with Crippen LogP contribution in [0.2, 0.25) is 0 Å². The highest BCUT2D eigenvalue weighted by molar-refractivity contribution is 5.83. The number of rotatable bonds is 19. The topological polar surface area (TPSA) is 72.8 Å². The summed E-state index contributed by atoms with van der Waals surface area (Å²) in [6, 6.07) is 0. The number of Topliss-reactive ketones (excluding diaryl/α,β-unsaturated/α-hetero) is 1. The Bertz CT molecular complexity index is 456. The van der Waals surface area contributed by atoms with Gasteiger partial charge in [-0.3, -0.25) is 9.59 Å². The van der Waals surface area contributed by atoms with Crippen LogP contribution in [0.3, 0.4) is 0 Å². The van der Waals surface area contributed by atoms with Gasteiger partial charge in [0.25, 0.3) is 0 Å². The first-order valence-electron chi connectivity index (χ1n) is 11.5. The molecule has 0 saturated carbocycles. The fourth-order valence-electron chi connectivity index (χ4n) is 3.20. The molecule has 29 heavy (non-hydrogen) atoms. The summed E-state index contributed by atoms with van der Waals surface area (Å²) in [4.78, 5) is 23.5. The Morgan fingerprint density at radius 3 is 2.00 bits per heavy atom. The van der Waals surface area contributed by atoms with E-state index in [2.05, 4.69) is 19.1 Å². The van der Waals surface area contributed by atoms with Crippen molar-refractivity contribution in [2.45, 2.75) is 130 Å². The third-order valence-corrected chi connectivity index (χ3v) is 4.59. The van der Waals surface area contributed by atoms with Crippen LogP contribution in [-0.4, -0.2) is 41.3 Å². The molecule has 0 heterocycles. The van der Waals surface area contributed by atoms with E-state index in [1.807, 2.05) is 27.7 Å². The Hall–Kier alpha value is -1.20. The van der Waals surface area contributed by atoms with Gasteiger partial charge in [0.1, 0.15) is 6.10 Å². The average Bonchev–Trinajstić information content (AvgIpc) is 2.63. The molecule has 0 saturated heterocycles. The van der Waals surface area contributed by atoms with Crippen molar-refractivity contribution in [2.24, 2.45) is 0 Å². The number of carbonyl (C=O) groups excluding carboxylic acids is 1. The van der Waals surface area contributed by atoms with E-state index in [4.69, 9.17) is 14.6 Å². The SMILES string of the molecule is CCCCC/C=C\C[C@H](OC(C)C)[C@@H](OC(C)C)C(=O)CCCCCCC(=O)O. The molecule has 0 amide bonds. The molecule has 0 spiro atoms. The first kappa shape index (κ1) is 27.8. The van der Waals surface area contributed by atoms with Gasteiger partial charge in [-0.1, -0.05) is 44.8 Å². The molecule has 0 aliphatic carbocycles. The van der Waals surface area contributed by atoms with Crippen molar-refractivity contribution in [3.8, 4) is 0 Å². The molecule has 1 N–H and O–H groups in total. The highest BCUT2D eigenvalue weighted by atomic mass is 16.6. The van der Waals surface area contributed by atoms with Crippen LogP contribution in [0.1, 0.15) is 105 Å². The molecule has 170 valence electrons. The van der Waals surface area contributed by atoms with E-state index in [-0.39, 0.29) is 30.5 Å². The quantitative estimate of drug-likeness (QED) is 0.205. The molecular weight excluding hydrogens is 368 g/mol. The maximum absolute atomic E-state index is 12.9. The van der Waals surface area contributed by atoms with Crippen LogP contribution in [0.15, 0.2) is 12.2 Å². The van der Waals surface area contributed by atoms with Crippen LogP contribution in [-0.2, 0) is 19.1 Å². The second kappa shape index (κ2) is 17.6. The van der Waals surface area contributed by atoms with Gasteiger partial charge >= 0.3 is 5.97 Å². The molecule has 0 radical (unpaired) electrons. The van der Waals surface area contributed by atoms with Gasteiger partial charge in [-0.15, -0.1) is 0 Å². The van der Waals surface area contributed by atoms with Gasteiger partial charge in [-0.2, -0.15) is 0 Å². The van der Waals surface area contributed by atoms with Crippen molar-refractivity contribution in [1.82, 2.24) is 0 Å². The summed E-state index contributed by atoms with van der Waals surface area (Å²) in [6.45, 7) is 10.1. The summed E-state index contributed by atoms with van der Waals surface area (Å²) >= 11 is 0. The second-order valence-corrected chi connectivity index (χ2v) is 8.31. The molecule has 0 aliphatic rings. The number of allylic oxidation sites excluding steroid dienone is 1. The van der Waals surface area contributed by atoms with Crippen LogP contribution in [0.5, 0.6) is 0 Å². The number of carboxylic acids is 1. The first-order chi connectivity index (χ1) is 13.8. The number of unbranched alkanes of at least 4 members (excludes halogenated alkanes) is 6. The number of ketones is 1. The molecule has 2 atom stereocenters. The van der Waals surface area contributed by atoms with Crippen molar-refractivity contribution < 1.29 is 24.2 Å². The fourth-order valence-corrected chi connectivity index (χ4v) is 3.20. The van der Waals surface area contributed by atoms with Crippen molar-refractivity contribution in [3.63, 3.8) is 0 Å². The van der Waals surface area contributed by atoms with E-state index in [1.165, 1.54) is 19.3 Å². The number of hydrogen-bond acceptors (Lipinski definition) is 4. The Kier molecular flexibility index (Phi) is 16.9. The van der Waals surface area contributed by atoms with Gasteiger partial charge in [0.05, 0.1) is 18.3 Å². The zero-order chi connectivity index (χ0) is 22.1. The lowest BCUT2D eigenvalue weighted by atomic mass is 9.99. The summed E-state index contributed by atoms with van der Waals surface area (Å²) in [5, 5.41) is 8.69. The summed E-state index contributed by atoms with van der Waals surface area (Å²) < 4.78 is 12.1. The molecule has 0 unspecified atom stereocenters.